The minimum atomic E-state index is -4.09. The number of nitrogens with two attached hydrogens (primary N) is 1. The van der Waals surface area contributed by atoms with E-state index in [1.807, 2.05) is 0 Å². The molecule has 2 aliphatic rings. The maximum absolute atomic E-state index is 12.6. The molecule has 3 nitrogen and oxygen atoms in total. The SMILES string of the molecule is Cl.NC[C@H]1CCC[C@H]1C(=O)NC1CCC(C(F)(F)F)CC1. The van der Waals surface area contributed by atoms with Crippen molar-refractivity contribution in [1.29, 1.82) is 0 Å². The Balaban J connectivity index is 0.00000220. The van der Waals surface area contributed by atoms with E-state index in [9.17, 15) is 18.0 Å². The molecule has 1 amide bonds. The number of rotatable bonds is 3. The second-order valence-corrected chi connectivity index (χ2v) is 6.13. The Kier molecular flexibility index (Phi) is 6.78. The maximum atomic E-state index is 12.6. The fraction of sp³-hybridized carbons (Fsp3) is 0.929. The van der Waals surface area contributed by atoms with E-state index in [1.165, 1.54) is 0 Å². The molecule has 0 aromatic rings. The third-order valence-corrected chi connectivity index (χ3v) is 4.84. The Hall–Kier alpha value is -0.490. The van der Waals surface area contributed by atoms with Gasteiger partial charge in [-0.05, 0) is 51.0 Å². The first-order valence-corrected chi connectivity index (χ1v) is 7.49. The minimum Gasteiger partial charge on any atom is -0.353 e. The van der Waals surface area contributed by atoms with Crippen molar-refractivity contribution >= 4 is 18.3 Å². The lowest BCUT2D eigenvalue weighted by atomic mass is 9.85. The van der Waals surface area contributed by atoms with Crippen LogP contribution in [0, 0.1) is 17.8 Å². The van der Waals surface area contributed by atoms with Gasteiger partial charge < -0.3 is 11.1 Å². The summed E-state index contributed by atoms with van der Waals surface area (Å²) < 4.78 is 37.7. The second kappa shape index (κ2) is 7.68. The smallest absolute Gasteiger partial charge is 0.353 e. The summed E-state index contributed by atoms with van der Waals surface area (Å²) in [5.41, 5.74) is 5.66. The molecule has 2 fully saturated rings. The van der Waals surface area contributed by atoms with Gasteiger partial charge >= 0.3 is 6.18 Å². The number of nitrogens with one attached hydrogen (secondary N) is 1. The van der Waals surface area contributed by atoms with Crippen LogP contribution in [0.3, 0.4) is 0 Å². The van der Waals surface area contributed by atoms with E-state index in [0.29, 0.717) is 19.4 Å². The van der Waals surface area contributed by atoms with Crippen molar-refractivity contribution in [2.75, 3.05) is 6.54 Å². The topological polar surface area (TPSA) is 55.1 Å². The fourth-order valence-corrected chi connectivity index (χ4v) is 3.54. The first-order chi connectivity index (χ1) is 9.41. The molecular formula is C14H24ClF3N2O. The van der Waals surface area contributed by atoms with Gasteiger partial charge in [0.25, 0.3) is 0 Å². The van der Waals surface area contributed by atoms with Gasteiger partial charge in [-0.25, -0.2) is 0 Å². The van der Waals surface area contributed by atoms with E-state index < -0.39 is 12.1 Å². The molecule has 0 saturated heterocycles. The van der Waals surface area contributed by atoms with Gasteiger partial charge in [0.1, 0.15) is 0 Å². The summed E-state index contributed by atoms with van der Waals surface area (Å²) in [5.74, 6) is -1.01. The zero-order chi connectivity index (χ0) is 14.8. The number of halogens is 4. The van der Waals surface area contributed by atoms with Crippen LogP contribution >= 0.6 is 12.4 Å². The number of carbonyl (C=O) groups excluding carboxylic acids is 1. The van der Waals surface area contributed by atoms with E-state index in [1.54, 1.807) is 0 Å². The molecule has 2 saturated carbocycles. The molecule has 2 aliphatic carbocycles. The van der Waals surface area contributed by atoms with Gasteiger partial charge in [-0.1, -0.05) is 6.42 Å². The zero-order valence-electron chi connectivity index (χ0n) is 12.0. The van der Waals surface area contributed by atoms with Crippen LogP contribution in [0.1, 0.15) is 44.9 Å². The lowest BCUT2D eigenvalue weighted by molar-refractivity contribution is -0.182. The molecule has 21 heavy (non-hydrogen) atoms. The van der Waals surface area contributed by atoms with E-state index in [4.69, 9.17) is 5.73 Å². The fourth-order valence-electron chi connectivity index (χ4n) is 3.54. The van der Waals surface area contributed by atoms with Gasteiger partial charge in [-0.2, -0.15) is 13.2 Å². The number of amides is 1. The highest BCUT2D eigenvalue weighted by Crippen LogP contribution is 2.38. The highest BCUT2D eigenvalue weighted by Gasteiger charge is 2.42. The predicted octanol–water partition coefficient (Wildman–Crippen LogP) is 3.02. The monoisotopic (exact) mass is 328 g/mol. The highest BCUT2D eigenvalue weighted by molar-refractivity contribution is 5.85. The van der Waals surface area contributed by atoms with Crippen molar-refractivity contribution in [2.24, 2.45) is 23.5 Å². The van der Waals surface area contributed by atoms with Crippen molar-refractivity contribution < 1.29 is 18.0 Å². The maximum Gasteiger partial charge on any atom is 0.391 e. The van der Waals surface area contributed by atoms with Gasteiger partial charge in [-0.3, -0.25) is 4.79 Å². The summed E-state index contributed by atoms with van der Waals surface area (Å²) in [4.78, 5) is 12.2. The van der Waals surface area contributed by atoms with E-state index in [-0.39, 0.29) is 49.0 Å². The summed E-state index contributed by atoms with van der Waals surface area (Å²) in [6.07, 6.45) is -0.141. The molecule has 2 rings (SSSR count). The number of alkyl halides is 3. The van der Waals surface area contributed by atoms with Crippen LogP contribution in [0.5, 0.6) is 0 Å². The predicted molar refractivity (Wildman–Crippen MR) is 77.1 cm³/mol. The van der Waals surface area contributed by atoms with Crippen molar-refractivity contribution in [3.8, 4) is 0 Å². The average Bonchev–Trinajstić information content (AvgIpc) is 2.86. The average molecular weight is 329 g/mol. The van der Waals surface area contributed by atoms with Crippen molar-refractivity contribution in [2.45, 2.75) is 57.2 Å². The Bertz CT molecular complexity index is 344. The van der Waals surface area contributed by atoms with Gasteiger partial charge in [0.15, 0.2) is 0 Å². The lowest BCUT2D eigenvalue weighted by Gasteiger charge is -2.31. The second-order valence-electron chi connectivity index (χ2n) is 6.13. The van der Waals surface area contributed by atoms with Gasteiger partial charge in [0, 0.05) is 12.0 Å². The van der Waals surface area contributed by atoms with Gasteiger partial charge in [0.2, 0.25) is 5.91 Å². The van der Waals surface area contributed by atoms with Gasteiger partial charge in [0.05, 0.1) is 5.92 Å². The Morgan fingerprint density at radius 1 is 1.10 bits per heavy atom. The third-order valence-electron chi connectivity index (χ3n) is 4.84. The first kappa shape index (κ1) is 18.6. The van der Waals surface area contributed by atoms with E-state index in [2.05, 4.69) is 5.32 Å². The molecule has 124 valence electrons. The van der Waals surface area contributed by atoms with Crippen molar-refractivity contribution in [1.82, 2.24) is 5.32 Å². The molecular weight excluding hydrogens is 305 g/mol. The summed E-state index contributed by atoms with van der Waals surface area (Å²) in [6.45, 7) is 0.513. The minimum absolute atomic E-state index is 0. The largest absolute Gasteiger partial charge is 0.391 e. The Labute approximate surface area is 129 Å². The highest BCUT2D eigenvalue weighted by atomic mass is 35.5. The normalized spacial score (nSPS) is 33.3. The van der Waals surface area contributed by atoms with Gasteiger partial charge in [-0.15, -0.1) is 12.4 Å². The Morgan fingerprint density at radius 2 is 1.71 bits per heavy atom. The van der Waals surface area contributed by atoms with E-state index in [0.717, 1.165) is 19.3 Å². The molecule has 0 unspecified atom stereocenters. The molecule has 0 bridgehead atoms. The number of carbonyl (C=O) groups is 1. The standard InChI is InChI=1S/C14H23F3N2O.ClH/c15-14(16,17)10-4-6-11(7-5-10)19-13(20)12-3-1-2-9(12)8-18;/h9-12H,1-8,18H2,(H,19,20);1H/t9-,10?,11?,12-;/m1./s1. The molecule has 0 aromatic carbocycles. The Morgan fingerprint density at radius 3 is 2.24 bits per heavy atom. The quantitative estimate of drug-likeness (QED) is 0.836. The summed E-state index contributed by atoms with van der Waals surface area (Å²) in [7, 11) is 0. The summed E-state index contributed by atoms with van der Waals surface area (Å²) in [6, 6.07) is -0.0971. The summed E-state index contributed by atoms with van der Waals surface area (Å²) in [5, 5.41) is 2.94. The third kappa shape index (κ3) is 4.74. The molecule has 2 atom stereocenters. The van der Waals surface area contributed by atoms with Crippen LogP contribution in [-0.2, 0) is 4.79 Å². The van der Waals surface area contributed by atoms with Crippen LogP contribution in [-0.4, -0.2) is 24.7 Å². The van der Waals surface area contributed by atoms with Crippen molar-refractivity contribution in [3.05, 3.63) is 0 Å². The van der Waals surface area contributed by atoms with Crippen LogP contribution in [0.15, 0.2) is 0 Å². The van der Waals surface area contributed by atoms with Crippen LogP contribution < -0.4 is 11.1 Å². The molecule has 0 aliphatic heterocycles. The van der Waals surface area contributed by atoms with Crippen LogP contribution in [0.25, 0.3) is 0 Å². The van der Waals surface area contributed by atoms with Crippen molar-refractivity contribution in [3.63, 3.8) is 0 Å². The zero-order valence-corrected chi connectivity index (χ0v) is 12.8. The number of hydrogen-bond acceptors (Lipinski definition) is 2. The van der Waals surface area contributed by atoms with E-state index >= 15 is 0 Å². The lowest BCUT2D eigenvalue weighted by Crippen LogP contribution is -2.43. The summed E-state index contributed by atoms with van der Waals surface area (Å²) >= 11 is 0. The molecule has 0 radical (unpaired) electrons. The molecule has 0 heterocycles. The van der Waals surface area contributed by atoms with Crippen LogP contribution in [0.4, 0.5) is 13.2 Å². The molecule has 7 heteroatoms. The molecule has 0 aromatic heterocycles. The first-order valence-electron chi connectivity index (χ1n) is 7.49. The molecule has 0 spiro atoms. The van der Waals surface area contributed by atoms with Crippen LogP contribution in [0.2, 0.25) is 0 Å². The molecule has 3 N–H and O–H groups in total. The number of hydrogen-bond donors (Lipinski definition) is 2.